The molecule has 57 heavy (non-hydrogen) atoms. The van der Waals surface area contributed by atoms with Crippen molar-refractivity contribution in [2.45, 2.75) is 120 Å². The molecule has 13 N–H and O–H groups in total. The molecule has 0 heterocycles. The van der Waals surface area contributed by atoms with Crippen LogP contribution in [0.15, 0.2) is 0 Å². The number of carbonyl (C=O) groups is 6. The van der Waals surface area contributed by atoms with E-state index in [0.29, 0.717) is 0 Å². The van der Waals surface area contributed by atoms with Gasteiger partial charge in [0.25, 0.3) is 11.8 Å². The molecule has 26 heteroatoms. The molecule has 3 atom stereocenters. The zero-order chi connectivity index (χ0) is 47.8. The number of carbonyl (C=O) groups excluding carboxylic acids is 5. The van der Waals surface area contributed by atoms with E-state index in [1.54, 1.807) is 31.9 Å². The fourth-order valence-corrected chi connectivity index (χ4v) is 3.35. The molecule has 0 radical (unpaired) electrons. The van der Waals surface area contributed by atoms with Crippen LogP contribution in [0.5, 0.6) is 0 Å². The summed E-state index contributed by atoms with van der Waals surface area (Å²) in [7, 11) is -11.6. The van der Waals surface area contributed by atoms with Crippen LogP contribution in [0.2, 0.25) is 0 Å². The van der Waals surface area contributed by atoms with Crippen LogP contribution in [0.25, 0.3) is 0 Å². The molecule has 2 amide bonds. The Balaban J connectivity index is -0.0000000840. The molecule has 0 aromatic rings. The highest BCUT2D eigenvalue weighted by atomic mass is 79.9. The number of alkyl halides is 1. The van der Waals surface area contributed by atoms with Crippen LogP contribution in [0, 0.1) is 0 Å². The molecule has 0 bridgehead atoms. The molecule has 0 saturated heterocycles. The van der Waals surface area contributed by atoms with E-state index in [2.05, 4.69) is 28.6 Å². The van der Waals surface area contributed by atoms with Crippen molar-refractivity contribution in [3.63, 3.8) is 0 Å². The van der Waals surface area contributed by atoms with Gasteiger partial charge in [0.15, 0.2) is 10.5 Å². The van der Waals surface area contributed by atoms with Gasteiger partial charge in [0.2, 0.25) is 0 Å². The summed E-state index contributed by atoms with van der Waals surface area (Å²) < 4.78 is 68.0. The fourth-order valence-electron chi connectivity index (χ4n) is 1.27. The van der Waals surface area contributed by atoms with E-state index in [1.807, 2.05) is 20.1 Å². The quantitative estimate of drug-likeness (QED) is 0.0407. The van der Waals surface area contributed by atoms with E-state index in [-0.39, 0.29) is 34.9 Å². The number of nitrogens with one attached hydrogen (secondary N) is 2. The van der Waals surface area contributed by atoms with Crippen LogP contribution in [0.1, 0.15) is 90.5 Å². The normalized spacial score (nSPS) is 14.1. The minimum atomic E-state index is -3.00. The molecule has 0 aromatic heterocycles. The van der Waals surface area contributed by atoms with Gasteiger partial charge in [0.05, 0.1) is 10.1 Å². The highest BCUT2D eigenvalue weighted by Gasteiger charge is 2.39. The largest absolute Gasteiger partial charge is 0.480 e. The molecular weight excluding hydrogens is 945 g/mol. The number of hydrogen-bond donors (Lipinski definition) is 14. The summed E-state index contributed by atoms with van der Waals surface area (Å²) >= 11 is 8.20. The van der Waals surface area contributed by atoms with Crippen LogP contribution < -0.4 is 11.0 Å². The number of thiol groups is 1. The van der Waals surface area contributed by atoms with E-state index >= 15 is 0 Å². The Hall–Kier alpha value is -0.400. The van der Waals surface area contributed by atoms with Gasteiger partial charge in [-0.25, -0.2) is 15.8 Å². The number of carboxylic acids is 1. The average Bonchev–Trinajstić information content (AvgIpc) is 3.03. The van der Waals surface area contributed by atoms with Crippen molar-refractivity contribution < 1.29 is 80.7 Å². The number of rotatable bonds is 11. The Morgan fingerprint density at radius 1 is 0.596 bits per heavy atom. The van der Waals surface area contributed by atoms with E-state index in [4.69, 9.17) is 51.9 Å². The van der Waals surface area contributed by atoms with Gasteiger partial charge in [0.1, 0.15) is 26.3 Å². The first kappa shape index (κ1) is 74.1. The molecule has 3 unspecified atom stereocenters. The van der Waals surface area contributed by atoms with E-state index < -0.39 is 79.6 Å². The lowest BCUT2D eigenvalue weighted by molar-refractivity contribution is -0.139. The van der Waals surface area contributed by atoms with Crippen molar-refractivity contribution >= 4 is 118 Å². The third kappa shape index (κ3) is 33.9. The molecule has 0 spiro atoms. The molecule has 0 aliphatic rings. The maximum Gasteiger partial charge on any atom is 0.328 e. The molecule has 0 rings (SSSR count). The van der Waals surface area contributed by atoms with Crippen molar-refractivity contribution in [3.05, 3.63) is 0 Å². The van der Waals surface area contributed by atoms with Crippen molar-refractivity contribution in [3.8, 4) is 0 Å². The molecule has 19 nitrogen and oxygen atoms in total. The second-order valence-electron chi connectivity index (χ2n) is 13.1. The predicted octanol–water partition coefficient (Wildman–Crippen LogP) is 7.74. The van der Waals surface area contributed by atoms with Gasteiger partial charge in [-0.2, -0.15) is 66.7 Å². The number of thioether (sulfide) groups is 1. The summed E-state index contributed by atoms with van der Waals surface area (Å²) in [5.41, 5.74) is 2.75. The zero-order valence-electron chi connectivity index (χ0n) is 35.5. The van der Waals surface area contributed by atoms with Crippen molar-refractivity contribution in [1.82, 2.24) is 11.0 Å². The van der Waals surface area contributed by atoms with Gasteiger partial charge in [0, 0.05) is 25.0 Å². The molecule has 0 saturated carbocycles. The molecule has 0 aromatic carbocycles. The summed E-state index contributed by atoms with van der Waals surface area (Å²) in [5, 5.41) is 24.5. The lowest BCUT2D eigenvalue weighted by atomic mass is 10.2. The third-order valence-electron chi connectivity index (χ3n) is 7.44. The Kier molecular flexibility index (Phi) is 42.0. The number of aliphatic carboxylic acids is 1. The van der Waals surface area contributed by atoms with Gasteiger partial charge in [-0.15, -0.1) is 0 Å². The third-order valence-corrected chi connectivity index (χ3v) is 17.1. The number of carboxylic acid groups (broad SMARTS) is 1. The van der Waals surface area contributed by atoms with Gasteiger partial charge < -0.3 is 5.11 Å². The average molecular weight is 1020 g/mol. The van der Waals surface area contributed by atoms with Crippen LogP contribution in [0.4, 0.5) is 0 Å². The SMILES string of the molecule is C.CC(=O)C(C)Br.CC(=O)C(C)S(C)(O)O.CC(C)(C(=O)NO)S(C)(O)O.CC(C)(C(=O)NO)S(C)(O)O.CC(C)(C(=O)O)S(C)(O)O.CS.CSC(C)C(C)=O. The van der Waals surface area contributed by atoms with Gasteiger partial charge in [-0.1, -0.05) is 23.4 Å². The highest BCUT2D eigenvalue weighted by molar-refractivity contribution is 9.10. The summed E-state index contributed by atoms with van der Waals surface area (Å²) in [4.78, 5) is 63.0. The van der Waals surface area contributed by atoms with Crippen LogP contribution in [-0.4, -0.2) is 154 Å². The fraction of sp³-hybridized carbons (Fsp3) is 0.806. The first-order chi connectivity index (χ1) is 24.3. The molecule has 354 valence electrons. The molecular formula is C31H75BrN2O17S6. The van der Waals surface area contributed by atoms with Gasteiger partial charge in [-0.3, -0.25) is 70.8 Å². The van der Waals surface area contributed by atoms with Crippen LogP contribution in [0.3, 0.4) is 0 Å². The molecule has 0 aliphatic carbocycles. The first-order valence-corrected chi connectivity index (χ1v) is 26.5. The molecule has 0 aliphatic heterocycles. The lowest BCUT2D eigenvalue weighted by Crippen LogP contribution is -2.44. The van der Waals surface area contributed by atoms with E-state index in [9.17, 15) is 28.8 Å². The standard InChI is InChI=1S/2C5H13NO4S.C5H12O4S.C5H12O3S.C5H10OS.C4H7BrO.CH4S.CH4/c2*1-5(2,4(7)6-8)11(3,9)10;1-5(2,4(6)7)10(3,8)9;1-4(6)5(2)9(3,7)8;1-4(6)5(2)7-3;1-3(5)4(2)6;1-2;/h2*8-10H,1-3H3,(H,6,7);8-9H,1-3H3,(H,6,7);5,7-8H,1-3H3;5H,1-3H3;3H,1-2H3;2H,1H3;1H4. The Morgan fingerprint density at radius 3 is 0.842 bits per heavy atom. The van der Waals surface area contributed by atoms with Crippen molar-refractivity contribution in [2.75, 3.05) is 37.5 Å². The van der Waals surface area contributed by atoms with Crippen LogP contribution in [-0.2, 0) is 28.8 Å². The summed E-state index contributed by atoms with van der Waals surface area (Å²) in [6.07, 6.45) is 8.34. The molecule has 0 fully saturated rings. The second kappa shape index (κ2) is 32.3. The highest BCUT2D eigenvalue weighted by Crippen LogP contribution is 2.50. The number of amides is 2. The summed E-state index contributed by atoms with van der Waals surface area (Å²) in [6.45, 7) is 17.7. The van der Waals surface area contributed by atoms with Gasteiger partial charge >= 0.3 is 5.97 Å². The predicted molar refractivity (Wildman–Crippen MR) is 249 cm³/mol. The van der Waals surface area contributed by atoms with Crippen molar-refractivity contribution in [1.29, 1.82) is 0 Å². The zero-order valence-corrected chi connectivity index (χ0v) is 42.0. The van der Waals surface area contributed by atoms with Gasteiger partial charge in [-0.05, 0) is 95.6 Å². The number of hydrogen-bond acceptors (Lipinski definition) is 18. The van der Waals surface area contributed by atoms with E-state index in [1.165, 1.54) is 72.6 Å². The van der Waals surface area contributed by atoms with E-state index in [0.717, 1.165) is 18.8 Å². The summed E-state index contributed by atoms with van der Waals surface area (Å²) in [5.74, 6) is -2.56. The minimum absolute atomic E-state index is 0. The maximum absolute atomic E-state index is 10.8. The monoisotopic (exact) mass is 1020 g/mol. The van der Waals surface area contributed by atoms with Crippen LogP contribution >= 0.6 is 82.7 Å². The van der Waals surface area contributed by atoms with Crippen molar-refractivity contribution in [2.24, 2.45) is 0 Å². The number of Topliss-reactive ketones (excluding diaryl/α,β-unsaturated/α-hetero) is 3. The minimum Gasteiger partial charge on any atom is -0.480 e. The maximum atomic E-state index is 10.8. The number of ketones is 3. The topological polar surface area (TPSA) is 349 Å². The Morgan fingerprint density at radius 2 is 0.825 bits per heavy atom. The Bertz CT molecular complexity index is 1150. The Labute approximate surface area is 364 Å². The summed E-state index contributed by atoms with van der Waals surface area (Å²) in [6, 6.07) is 0. The first-order valence-electron chi connectivity index (χ1n) is 15.5. The lowest BCUT2D eigenvalue weighted by Gasteiger charge is -2.41. The smallest absolute Gasteiger partial charge is 0.328 e. The number of halogens is 1. The second-order valence-corrected chi connectivity index (χ2v) is 26.2. The number of hydroxylamine groups is 2.